The normalized spacial score (nSPS) is 14.1. The molecule has 1 aromatic heterocycles. The van der Waals surface area contributed by atoms with Crippen LogP contribution in [0.25, 0.3) is 0 Å². The summed E-state index contributed by atoms with van der Waals surface area (Å²) in [5, 5.41) is 0. The number of carbonyl (C=O) groups is 1. The second kappa shape index (κ2) is 7.65. The predicted octanol–water partition coefficient (Wildman–Crippen LogP) is 4.25. The molecular weight excluding hydrogens is 322 g/mol. The molecule has 140 valence electrons. The van der Waals surface area contributed by atoms with Crippen molar-refractivity contribution < 1.29 is 4.79 Å². The molecule has 0 spiro atoms. The molecule has 0 radical (unpaired) electrons. The molecule has 1 aliphatic rings. The van der Waals surface area contributed by atoms with Crippen LogP contribution in [0.4, 0.5) is 0 Å². The summed E-state index contributed by atoms with van der Waals surface area (Å²) in [6.45, 7) is 13.0. The third kappa shape index (κ3) is 4.35. The average molecular weight is 354 g/mol. The number of hydrogen-bond acceptors (Lipinski definition) is 2. The molecule has 3 rings (SSSR count). The van der Waals surface area contributed by atoms with E-state index in [0.717, 1.165) is 31.8 Å². The second-order valence-corrected chi connectivity index (χ2v) is 8.24. The molecule has 0 N–H and O–H groups in total. The number of benzene rings is 1. The zero-order chi connectivity index (χ0) is 18.8. The van der Waals surface area contributed by atoms with E-state index in [1.807, 2.05) is 17.3 Å². The monoisotopic (exact) mass is 353 g/mol. The van der Waals surface area contributed by atoms with Crippen molar-refractivity contribution in [3.05, 3.63) is 52.6 Å². The summed E-state index contributed by atoms with van der Waals surface area (Å²) in [6.07, 6.45) is 5.97. The Morgan fingerprint density at radius 1 is 1.23 bits per heavy atom. The lowest BCUT2D eigenvalue weighted by Gasteiger charge is -2.25. The molecule has 0 bridgehead atoms. The van der Waals surface area contributed by atoms with Crippen molar-refractivity contribution in [2.45, 2.75) is 60.5 Å². The third-order valence-corrected chi connectivity index (χ3v) is 5.13. The quantitative estimate of drug-likeness (QED) is 0.746. The Balaban J connectivity index is 1.80. The number of carbonyl (C=O) groups excluding carboxylic acids is 1. The van der Waals surface area contributed by atoms with Gasteiger partial charge in [0.2, 0.25) is 5.91 Å². The Morgan fingerprint density at radius 3 is 2.46 bits per heavy atom. The van der Waals surface area contributed by atoms with Gasteiger partial charge in [-0.3, -0.25) is 4.79 Å². The van der Waals surface area contributed by atoms with E-state index < -0.39 is 0 Å². The van der Waals surface area contributed by atoms with Gasteiger partial charge in [-0.2, -0.15) is 0 Å². The standard InChI is InChI=1S/C22H31N3O/c1-15(2)12-25(22(26)19-6-7-19)14-21-23-8-9-24(21)13-20-17(4)10-16(3)11-18(20)5/h8-11,15,19H,6-7,12-14H2,1-5H3. The van der Waals surface area contributed by atoms with Crippen LogP contribution in [0.1, 0.15) is 54.8 Å². The first-order valence-corrected chi connectivity index (χ1v) is 9.70. The molecule has 1 aromatic carbocycles. The molecule has 1 amide bonds. The Kier molecular flexibility index (Phi) is 5.49. The van der Waals surface area contributed by atoms with Gasteiger partial charge in [0.1, 0.15) is 5.82 Å². The fraction of sp³-hybridized carbons (Fsp3) is 0.545. The summed E-state index contributed by atoms with van der Waals surface area (Å²) in [6, 6.07) is 4.47. The van der Waals surface area contributed by atoms with Crippen LogP contribution in [0.5, 0.6) is 0 Å². The summed E-state index contributed by atoms with van der Waals surface area (Å²) >= 11 is 0. The maximum Gasteiger partial charge on any atom is 0.226 e. The van der Waals surface area contributed by atoms with E-state index in [-0.39, 0.29) is 5.92 Å². The highest BCUT2D eigenvalue weighted by molar-refractivity contribution is 5.81. The van der Waals surface area contributed by atoms with Crippen LogP contribution in [0.15, 0.2) is 24.5 Å². The molecule has 0 saturated heterocycles. The Bertz CT molecular complexity index is 763. The van der Waals surface area contributed by atoms with Crippen LogP contribution in [-0.4, -0.2) is 26.9 Å². The molecule has 4 nitrogen and oxygen atoms in total. The molecular formula is C22H31N3O. The van der Waals surface area contributed by atoms with Gasteiger partial charge in [0, 0.05) is 31.4 Å². The Morgan fingerprint density at radius 2 is 1.88 bits per heavy atom. The van der Waals surface area contributed by atoms with Crippen molar-refractivity contribution in [2.75, 3.05) is 6.54 Å². The fourth-order valence-corrected chi connectivity index (χ4v) is 3.70. The SMILES string of the molecule is Cc1cc(C)c(Cn2ccnc2CN(CC(C)C)C(=O)C2CC2)c(C)c1. The van der Waals surface area contributed by atoms with Crippen molar-refractivity contribution in [3.63, 3.8) is 0 Å². The molecule has 4 heteroatoms. The number of nitrogens with zero attached hydrogens (tertiary/aromatic N) is 3. The molecule has 1 heterocycles. The largest absolute Gasteiger partial charge is 0.335 e. The van der Waals surface area contributed by atoms with Gasteiger partial charge in [-0.15, -0.1) is 0 Å². The fourth-order valence-electron chi connectivity index (χ4n) is 3.70. The summed E-state index contributed by atoms with van der Waals surface area (Å²) in [5.74, 6) is 1.98. The number of rotatable bonds is 7. The molecule has 0 aliphatic heterocycles. The Hall–Kier alpha value is -2.10. The van der Waals surface area contributed by atoms with E-state index in [9.17, 15) is 4.79 Å². The molecule has 0 unspecified atom stereocenters. The minimum absolute atomic E-state index is 0.249. The number of hydrogen-bond donors (Lipinski definition) is 0. The van der Waals surface area contributed by atoms with Gasteiger partial charge in [-0.05, 0) is 56.2 Å². The number of imidazole rings is 1. The molecule has 1 aliphatic carbocycles. The third-order valence-electron chi connectivity index (χ3n) is 5.13. The highest BCUT2D eigenvalue weighted by atomic mass is 16.2. The first-order valence-electron chi connectivity index (χ1n) is 9.70. The Labute approximate surface area is 157 Å². The van der Waals surface area contributed by atoms with E-state index in [2.05, 4.69) is 56.3 Å². The lowest BCUT2D eigenvalue weighted by Crippen LogP contribution is -2.35. The van der Waals surface area contributed by atoms with Gasteiger partial charge in [-0.1, -0.05) is 31.5 Å². The van der Waals surface area contributed by atoms with Crippen LogP contribution >= 0.6 is 0 Å². The minimum atomic E-state index is 0.249. The predicted molar refractivity (Wildman–Crippen MR) is 105 cm³/mol. The molecule has 1 fully saturated rings. The van der Waals surface area contributed by atoms with E-state index >= 15 is 0 Å². The second-order valence-electron chi connectivity index (χ2n) is 8.24. The topological polar surface area (TPSA) is 38.1 Å². The van der Waals surface area contributed by atoms with Gasteiger partial charge in [0.05, 0.1) is 6.54 Å². The van der Waals surface area contributed by atoms with Gasteiger partial charge in [0.15, 0.2) is 0 Å². The van der Waals surface area contributed by atoms with E-state index in [0.29, 0.717) is 18.4 Å². The van der Waals surface area contributed by atoms with Gasteiger partial charge in [-0.25, -0.2) is 4.98 Å². The van der Waals surface area contributed by atoms with Crippen LogP contribution in [0.3, 0.4) is 0 Å². The van der Waals surface area contributed by atoms with Crippen molar-refractivity contribution in [1.29, 1.82) is 0 Å². The molecule has 1 saturated carbocycles. The first kappa shape index (κ1) is 18.7. The minimum Gasteiger partial charge on any atom is -0.335 e. The van der Waals surface area contributed by atoms with E-state index in [4.69, 9.17) is 0 Å². The summed E-state index contributed by atoms with van der Waals surface area (Å²) in [4.78, 5) is 19.2. The van der Waals surface area contributed by atoms with Crippen LogP contribution < -0.4 is 0 Å². The van der Waals surface area contributed by atoms with Gasteiger partial charge in [0.25, 0.3) is 0 Å². The van der Waals surface area contributed by atoms with Crippen LogP contribution in [0.2, 0.25) is 0 Å². The number of amides is 1. The van der Waals surface area contributed by atoms with E-state index in [1.54, 1.807) is 0 Å². The summed E-state index contributed by atoms with van der Waals surface area (Å²) in [7, 11) is 0. The van der Waals surface area contributed by atoms with Gasteiger partial charge < -0.3 is 9.47 Å². The maximum absolute atomic E-state index is 12.7. The lowest BCUT2D eigenvalue weighted by atomic mass is 10.00. The maximum atomic E-state index is 12.7. The van der Waals surface area contributed by atoms with Crippen LogP contribution in [-0.2, 0) is 17.9 Å². The molecule has 0 atom stereocenters. The number of aryl methyl sites for hydroxylation is 3. The van der Waals surface area contributed by atoms with Crippen molar-refractivity contribution in [2.24, 2.45) is 11.8 Å². The van der Waals surface area contributed by atoms with Crippen molar-refractivity contribution >= 4 is 5.91 Å². The van der Waals surface area contributed by atoms with Crippen molar-refractivity contribution in [3.8, 4) is 0 Å². The summed E-state index contributed by atoms with van der Waals surface area (Å²) < 4.78 is 2.19. The zero-order valence-corrected chi connectivity index (χ0v) is 16.7. The summed E-state index contributed by atoms with van der Waals surface area (Å²) in [5.41, 5.74) is 5.28. The highest BCUT2D eigenvalue weighted by Crippen LogP contribution is 2.31. The highest BCUT2D eigenvalue weighted by Gasteiger charge is 2.34. The zero-order valence-electron chi connectivity index (χ0n) is 16.7. The van der Waals surface area contributed by atoms with Crippen LogP contribution in [0, 0.1) is 32.6 Å². The lowest BCUT2D eigenvalue weighted by molar-refractivity contribution is -0.133. The number of aromatic nitrogens is 2. The van der Waals surface area contributed by atoms with Gasteiger partial charge >= 0.3 is 0 Å². The van der Waals surface area contributed by atoms with E-state index in [1.165, 1.54) is 22.3 Å². The first-order chi connectivity index (χ1) is 12.3. The van der Waals surface area contributed by atoms with Crippen molar-refractivity contribution in [1.82, 2.24) is 14.5 Å². The molecule has 2 aromatic rings. The molecule has 26 heavy (non-hydrogen) atoms. The average Bonchev–Trinajstić information content (AvgIpc) is 3.31. The smallest absolute Gasteiger partial charge is 0.226 e.